The van der Waals surface area contributed by atoms with Crippen LogP contribution in [0.5, 0.6) is 0 Å². The lowest BCUT2D eigenvalue weighted by molar-refractivity contribution is -0.127. The number of carbonyl (C=O) groups is 1. The lowest BCUT2D eigenvalue weighted by Crippen LogP contribution is -2.61. The lowest BCUT2D eigenvalue weighted by Gasteiger charge is -2.47. The van der Waals surface area contributed by atoms with Crippen molar-refractivity contribution in [3.8, 4) is 0 Å². The van der Waals surface area contributed by atoms with Gasteiger partial charge >= 0.3 is 0 Å². The summed E-state index contributed by atoms with van der Waals surface area (Å²) in [5, 5.41) is 7.46. The van der Waals surface area contributed by atoms with Crippen molar-refractivity contribution < 1.29 is 9.53 Å². The number of aromatic nitrogens is 4. The largest absolute Gasteiger partial charge is 0.377 e. The fourth-order valence-electron chi connectivity index (χ4n) is 4.54. The summed E-state index contributed by atoms with van der Waals surface area (Å²) in [6.45, 7) is 6.98. The molecule has 1 saturated carbocycles. The SMILES string of the molecule is CC[C@@H]1[C@@H](NC(=O)CCc2c(C)nc3ncnn3c2C)[C@@H]2CCO[C@H]12. The molecule has 4 rings (SSSR count). The average molecular weight is 343 g/mol. The van der Waals surface area contributed by atoms with Crippen molar-refractivity contribution in [1.82, 2.24) is 24.9 Å². The van der Waals surface area contributed by atoms with Crippen LogP contribution in [0.2, 0.25) is 0 Å². The van der Waals surface area contributed by atoms with Crippen LogP contribution >= 0.6 is 0 Å². The van der Waals surface area contributed by atoms with Crippen LogP contribution in [0.25, 0.3) is 5.78 Å². The number of ether oxygens (including phenoxy) is 1. The summed E-state index contributed by atoms with van der Waals surface area (Å²) in [6, 6.07) is 0.281. The summed E-state index contributed by atoms with van der Waals surface area (Å²) in [6.07, 6.45) is 5.12. The monoisotopic (exact) mass is 343 g/mol. The molecule has 0 bridgehead atoms. The number of amides is 1. The van der Waals surface area contributed by atoms with Crippen LogP contribution in [0, 0.1) is 25.7 Å². The molecule has 2 fully saturated rings. The Morgan fingerprint density at radius 1 is 1.44 bits per heavy atom. The Labute approximate surface area is 147 Å². The van der Waals surface area contributed by atoms with E-state index in [2.05, 4.69) is 27.3 Å². The highest BCUT2D eigenvalue weighted by atomic mass is 16.5. The molecule has 2 aromatic heterocycles. The van der Waals surface area contributed by atoms with Crippen molar-refractivity contribution >= 4 is 11.7 Å². The zero-order valence-corrected chi connectivity index (χ0v) is 15.0. The average Bonchev–Trinajstić information content (AvgIpc) is 3.20. The minimum absolute atomic E-state index is 0.117. The molecule has 0 aromatic carbocycles. The molecule has 1 aliphatic carbocycles. The highest BCUT2D eigenvalue weighted by Gasteiger charge is 2.53. The van der Waals surface area contributed by atoms with Crippen LogP contribution < -0.4 is 5.32 Å². The number of nitrogens with one attached hydrogen (secondary N) is 1. The fourth-order valence-corrected chi connectivity index (χ4v) is 4.54. The minimum atomic E-state index is 0.117. The second kappa shape index (κ2) is 6.37. The summed E-state index contributed by atoms with van der Waals surface area (Å²) in [5.41, 5.74) is 3.01. The molecule has 4 atom stereocenters. The van der Waals surface area contributed by atoms with Crippen LogP contribution in [0.15, 0.2) is 6.33 Å². The molecule has 7 heteroatoms. The Morgan fingerprint density at radius 3 is 3.08 bits per heavy atom. The molecule has 1 amide bonds. The predicted molar refractivity (Wildman–Crippen MR) is 92.1 cm³/mol. The molecule has 2 aromatic rings. The third-order valence-electron chi connectivity index (χ3n) is 5.92. The van der Waals surface area contributed by atoms with Crippen molar-refractivity contribution in [2.75, 3.05) is 6.61 Å². The number of carbonyl (C=O) groups excluding carboxylic acids is 1. The number of hydrogen-bond acceptors (Lipinski definition) is 5. The van der Waals surface area contributed by atoms with Crippen molar-refractivity contribution in [2.45, 2.75) is 58.6 Å². The van der Waals surface area contributed by atoms with Crippen molar-refractivity contribution in [2.24, 2.45) is 11.8 Å². The maximum absolute atomic E-state index is 12.5. The molecule has 3 heterocycles. The van der Waals surface area contributed by atoms with Crippen molar-refractivity contribution in [1.29, 1.82) is 0 Å². The van der Waals surface area contributed by atoms with Gasteiger partial charge in [0.1, 0.15) is 6.33 Å². The van der Waals surface area contributed by atoms with E-state index in [4.69, 9.17) is 4.74 Å². The Balaban J connectivity index is 1.41. The smallest absolute Gasteiger partial charge is 0.252 e. The van der Waals surface area contributed by atoms with Gasteiger partial charge in [-0.2, -0.15) is 10.1 Å². The van der Waals surface area contributed by atoms with Crippen LogP contribution in [-0.4, -0.2) is 44.2 Å². The molecule has 0 unspecified atom stereocenters. The van der Waals surface area contributed by atoms with Gasteiger partial charge in [-0.25, -0.2) is 9.50 Å². The van der Waals surface area contributed by atoms with E-state index in [1.165, 1.54) is 6.33 Å². The van der Waals surface area contributed by atoms with Gasteiger partial charge in [0.05, 0.1) is 6.10 Å². The maximum atomic E-state index is 12.5. The number of hydrogen-bond donors (Lipinski definition) is 1. The van der Waals surface area contributed by atoms with Crippen LogP contribution in [0.3, 0.4) is 0 Å². The van der Waals surface area contributed by atoms with Crippen molar-refractivity contribution in [3.63, 3.8) is 0 Å². The van der Waals surface area contributed by atoms with Gasteiger partial charge < -0.3 is 10.1 Å². The first-order valence-corrected chi connectivity index (χ1v) is 9.17. The Hall–Kier alpha value is -2.02. The van der Waals surface area contributed by atoms with E-state index < -0.39 is 0 Å². The molecule has 1 N–H and O–H groups in total. The second-order valence-corrected chi connectivity index (χ2v) is 7.19. The molecule has 134 valence electrons. The van der Waals surface area contributed by atoms with Crippen molar-refractivity contribution in [3.05, 3.63) is 23.3 Å². The van der Waals surface area contributed by atoms with Gasteiger partial charge in [-0.3, -0.25) is 4.79 Å². The molecule has 1 saturated heterocycles. The Bertz CT molecular complexity index is 802. The molecule has 25 heavy (non-hydrogen) atoms. The Morgan fingerprint density at radius 2 is 2.28 bits per heavy atom. The van der Waals surface area contributed by atoms with Gasteiger partial charge in [-0.1, -0.05) is 6.92 Å². The van der Waals surface area contributed by atoms with Gasteiger partial charge in [0, 0.05) is 42.3 Å². The van der Waals surface area contributed by atoms with E-state index in [0.29, 0.717) is 36.6 Å². The summed E-state index contributed by atoms with van der Waals surface area (Å²) in [7, 11) is 0. The first kappa shape index (κ1) is 16.4. The van der Waals surface area contributed by atoms with Crippen LogP contribution in [0.1, 0.15) is 43.1 Å². The van der Waals surface area contributed by atoms with E-state index in [-0.39, 0.29) is 11.9 Å². The topological polar surface area (TPSA) is 81.4 Å². The zero-order valence-electron chi connectivity index (χ0n) is 15.0. The second-order valence-electron chi connectivity index (χ2n) is 7.19. The summed E-state index contributed by atoms with van der Waals surface area (Å²) >= 11 is 0. The molecule has 1 aliphatic heterocycles. The Kier molecular flexibility index (Phi) is 4.19. The van der Waals surface area contributed by atoms with E-state index in [0.717, 1.165) is 36.4 Å². The number of fused-ring (bicyclic) bond motifs is 2. The molecular weight excluding hydrogens is 318 g/mol. The summed E-state index contributed by atoms with van der Waals surface area (Å²) in [5.74, 6) is 1.70. The van der Waals surface area contributed by atoms with Crippen LogP contribution in [0.4, 0.5) is 0 Å². The molecule has 0 radical (unpaired) electrons. The van der Waals surface area contributed by atoms with Gasteiger partial charge in [-0.05, 0) is 38.7 Å². The number of nitrogens with zero attached hydrogens (tertiary/aromatic N) is 4. The molecule has 7 nitrogen and oxygen atoms in total. The highest BCUT2D eigenvalue weighted by Crippen LogP contribution is 2.45. The van der Waals surface area contributed by atoms with Crippen LogP contribution in [-0.2, 0) is 16.0 Å². The van der Waals surface area contributed by atoms with Gasteiger partial charge in [0.25, 0.3) is 5.78 Å². The number of rotatable bonds is 5. The molecule has 2 aliphatic rings. The van der Waals surface area contributed by atoms with Gasteiger partial charge in [0.15, 0.2) is 0 Å². The van der Waals surface area contributed by atoms with E-state index in [1.807, 2.05) is 13.8 Å². The standard InChI is InChI=1S/C18H25N5O2/c1-4-12-16(14-7-8-25-17(12)14)22-15(24)6-5-13-10(2)21-18-19-9-20-23(18)11(13)3/h9,12,14,16-17H,4-8H2,1-3H3,(H,22,24)/t12-,14+,16-,17-/m1/s1. The molecular formula is C18H25N5O2. The first-order valence-electron chi connectivity index (χ1n) is 9.17. The number of aryl methyl sites for hydroxylation is 2. The van der Waals surface area contributed by atoms with Gasteiger partial charge in [0.2, 0.25) is 5.91 Å². The third kappa shape index (κ3) is 2.70. The zero-order chi connectivity index (χ0) is 17.6. The molecule has 0 spiro atoms. The normalized spacial score (nSPS) is 28.0. The lowest BCUT2D eigenvalue weighted by atomic mass is 9.65. The first-order chi connectivity index (χ1) is 12.1. The van der Waals surface area contributed by atoms with Gasteiger partial charge in [-0.15, -0.1) is 0 Å². The minimum Gasteiger partial charge on any atom is -0.377 e. The quantitative estimate of drug-likeness (QED) is 0.892. The predicted octanol–water partition coefficient (Wildman–Crippen LogP) is 1.60. The highest BCUT2D eigenvalue weighted by molar-refractivity contribution is 5.77. The summed E-state index contributed by atoms with van der Waals surface area (Å²) < 4.78 is 7.52. The van der Waals surface area contributed by atoms with E-state index in [9.17, 15) is 4.79 Å². The maximum Gasteiger partial charge on any atom is 0.252 e. The van der Waals surface area contributed by atoms with E-state index in [1.54, 1.807) is 4.52 Å². The fraction of sp³-hybridized carbons (Fsp3) is 0.667. The van der Waals surface area contributed by atoms with E-state index >= 15 is 0 Å². The summed E-state index contributed by atoms with van der Waals surface area (Å²) in [4.78, 5) is 21.1. The third-order valence-corrected chi connectivity index (χ3v) is 5.92.